The van der Waals surface area contributed by atoms with Gasteiger partial charge in [-0.2, -0.15) is 0 Å². The van der Waals surface area contributed by atoms with Crippen LogP contribution in [0.2, 0.25) is 0 Å². The average Bonchev–Trinajstić information content (AvgIpc) is 2.36. The van der Waals surface area contributed by atoms with Crippen molar-refractivity contribution in [2.75, 3.05) is 11.9 Å². The van der Waals surface area contributed by atoms with Crippen molar-refractivity contribution in [1.29, 1.82) is 0 Å². The van der Waals surface area contributed by atoms with Gasteiger partial charge in [-0.1, -0.05) is 0 Å². The molecule has 0 radical (unpaired) electrons. The third-order valence-electron chi connectivity index (χ3n) is 2.64. The van der Waals surface area contributed by atoms with Gasteiger partial charge < -0.3 is 15.5 Å². The standard InChI is InChI=1S/C12H16N2O5/c1-8(3-2-6-15)13-11-5-4-9(14(18)19)7-10(11)12(16)17/h4-5,7-8,13,15H,2-3,6H2,1H3,(H,16,17). The number of nitro groups is 1. The van der Waals surface area contributed by atoms with Crippen molar-refractivity contribution in [2.45, 2.75) is 25.8 Å². The molecular weight excluding hydrogens is 252 g/mol. The van der Waals surface area contributed by atoms with Gasteiger partial charge in [0.25, 0.3) is 5.69 Å². The van der Waals surface area contributed by atoms with E-state index in [-0.39, 0.29) is 23.9 Å². The Hall–Kier alpha value is -2.15. The number of non-ortho nitro benzene ring substituents is 1. The van der Waals surface area contributed by atoms with E-state index in [4.69, 9.17) is 10.2 Å². The number of rotatable bonds is 7. The largest absolute Gasteiger partial charge is 0.478 e. The molecular formula is C12H16N2O5. The summed E-state index contributed by atoms with van der Waals surface area (Å²) in [6.07, 6.45) is 1.27. The molecule has 0 heterocycles. The summed E-state index contributed by atoms with van der Waals surface area (Å²) in [5.41, 5.74) is -0.0560. The number of hydrogen-bond donors (Lipinski definition) is 3. The second kappa shape index (κ2) is 6.69. The number of anilines is 1. The third-order valence-corrected chi connectivity index (χ3v) is 2.64. The van der Waals surface area contributed by atoms with Crippen LogP contribution in [-0.2, 0) is 0 Å². The number of aromatic carboxylic acids is 1. The van der Waals surface area contributed by atoms with Crippen molar-refractivity contribution in [3.8, 4) is 0 Å². The number of carbonyl (C=O) groups is 1. The quantitative estimate of drug-likeness (QED) is 0.514. The van der Waals surface area contributed by atoms with E-state index in [1.165, 1.54) is 12.1 Å². The van der Waals surface area contributed by atoms with Gasteiger partial charge in [0.2, 0.25) is 0 Å². The summed E-state index contributed by atoms with van der Waals surface area (Å²) >= 11 is 0. The van der Waals surface area contributed by atoms with Crippen LogP contribution in [0.4, 0.5) is 11.4 Å². The van der Waals surface area contributed by atoms with Gasteiger partial charge in [-0.05, 0) is 25.8 Å². The Balaban J connectivity index is 2.94. The first-order valence-corrected chi connectivity index (χ1v) is 5.85. The van der Waals surface area contributed by atoms with Crippen molar-refractivity contribution in [2.24, 2.45) is 0 Å². The zero-order chi connectivity index (χ0) is 14.4. The van der Waals surface area contributed by atoms with Gasteiger partial charge >= 0.3 is 5.97 Å². The molecule has 7 heteroatoms. The topological polar surface area (TPSA) is 113 Å². The fourth-order valence-corrected chi connectivity index (χ4v) is 1.68. The van der Waals surface area contributed by atoms with Gasteiger partial charge in [-0.25, -0.2) is 4.79 Å². The summed E-state index contributed by atoms with van der Waals surface area (Å²) in [4.78, 5) is 21.1. The van der Waals surface area contributed by atoms with Crippen LogP contribution in [0, 0.1) is 10.1 Å². The highest BCUT2D eigenvalue weighted by molar-refractivity contribution is 5.95. The number of aliphatic hydroxyl groups is 1. The molecule has 104 valence electrons. The minimum absolute atomic E-state index is 0.0355. The molecule has 1 atom stereocenters. The summed E-state index contributed by atoms with van der Waals surface area (Å²) in [6.45, 7) is 1.92. The number of nitro benzene ring substituents is 1. The Kier molecular flexibility index (Phi) is 5.25. The van der Waals surface area contributed by atoms with E-state index in [1.807, 2.05) is 6.92 Å². The summed E-state index contributed by atoms with van der Waals surface area (Å²) in [5, 5.41) is 31.4. The molecule has 0 amide bonds. The van der Waals surface area contributed by atoms with Crippen molar-refractivity contribution >= 4 is 17.3 Å². The molecule has 0 saturated heterocycles. The first kappa shape index (κ1) is 14.9. The van der Waals surface area contributed by atoms with Gasteiger partial charge in [0.1, 0.15) is 0 Å². The smallest absolute Gasteiger partial charge is 0.338 e. The van der Waals surface area contributed by atoms with Gasteiger partial charge in [0.05, 0.1) is 10.5 Å². The first-order valence-electron chi connectivity index (χ1n) is 5.85. The lowest BCUT2D eigenvalue weighted by atomic mass is 10.1. The van der Waals surface area contributed by atoms with Crippen LogP contribution in [0.3, 0.4) is 0 Å². The molecule has 19 heavy (non-hydrogen) atoms. The summed E-state index contributed by atoms with van der Waals surface area (Å²) in [6, 6.07) is 3.64. The van der Waals surface area contributed by atoms with E-state index >= 15 is 0 Å². The number of benzene rings is 1. The predicted octanol–water partition coefficient (Wildman–Crippen LogP) is 1.87. The lowest BCUT2D eigenvalue weighted by Crippen LogP contribution is -2.17. The fourth-order valence-electron chi connectivity index (χ4n) is 1.68. The Morgan fingerprint density at radius 1 is 1.53 bits per heavy atom. The lowest BCUT2D eigenvalue weighted by molar-refractivity contribution is -0.384. The first-order chi connectivity index (χ1) is 8.95. The molecule has 0 aromatic heterocycles. The van der Waals surface area contributed by atoms with Crippen molar-refractivity contribution in [1.82, 2.24) is 0 Å². The van der Waals surface area contributed by atoms with Crippen LogP contribution in [0.5, 0.6) is 0 Å². The molecule has 0 fully saturated rings. The Morgan fingerprint density at radius 3 is 2.74 bits per heavy atom. The molecule has 1 aromatic rings. The number of hydrogen-bond acceptors (Lipinski definition) is 5. The normalized spacial score (nSPS) is 11.9. The van der Waals surface area contributed by atoms with E-state index in [9.17, 15) is 14.9 Å². The molecule has 7 nitrogen and oxygen atoms in total. The zero-order valence-electron chi connectivity index (χ0n) is 10.5. The molecule has 0 aliphatic rings. The minimum Gasteiger partial charge on any atom is -0.478 e. The Bertz CT molecular complexity index is 475. The molecule has 1 aromatic carbocycles. The highest BCUT2D eigenvalue weighted by atomic mass is 16.6. The molecule has 1 unspecified atom stereocenters. The molecule has 0 bridgehead atoms. The van der Waals surface area contributed by atoms with Crippen molar-refractivity contribution in [3.63, 3.8) is 0 Å². The highest BCUT2D eigenvalue weighted by Crippen LogP contribution is 2.23. The summed E-state index contributed by atoms with van der Waals surface area (Å²) < 4.78 is 0. The van der Waals surface area contributed by atoms with Gasteiger partial charge in [-0.15, -0.1) is 0 Å². The van der Waals surface area contributed by atoms with Crippen LogP contribution in [0.25, 0.3) is 0 Å². The third kappa shape index (κ3) is 4.22. The van der Waals surface area contributed by atoms with Crippen LogP contribution in [0.15, 0.2) is 18.2 Å². The minimum atomic E-state index is -1.22. The van der Waals surface area contributed by atoms with Crippen LogP contribution >= 0.6 is 0 Å². The van der Waals surface area contributed by atoms with E-state index in [0.717, 1.165) is 6.07 Å². The maximum atomic E-state index is 11.1. The van der Waals surface area contributed by atoms with Crippen molar-refractivity contribution < 1.29 is 19.9 Å². The summed E-state index contributed by atoms with van der Waals surface area (Å²) in [7, 11) is 0. The molecule has 3 N–H and O–H groups in total. The number of carboxylic acid groups (broad SMARTS) is 1. The number of nitrogens with zero attached hydrogens (tertiary/aromatic N) is 1. The Labute approximate surface area is 110 Å². The van der Waals surface area contributed by atoms with Gasteiger partial charge in [0.15, 0.2) is 0 Å². The molecule has 1 rings (SSSR count). The maximum Gasteiger partial charge on any atom is 0.338 e. The predicted molar refractivity (Wildman–Crippen MR) is 69.5 cm³/mol. The number of aliphatic hydroxyl groups excluding tert-OH is 1. The van der Waals surface area contributed by atoms with Gasteiger partial charge in [-0.3, -0.25) is 10.1 Å². The second-order valence-corrected chi connectivity index (χ2v) is 4.20. The van der Waals surface area contributed by atoms with Crippen LogP contribution in [0.1, 0.15) is 30.1 Å². The van der Waals surface area contributed by atoms with E-state index in [2.05, 4.69) is 5.32 Å². The fraction of sp³-hybridized carbons (Fsp3) is 0.417. The molecule has 0 aliphatic heterocycles. The van der Waals surface area contributed by atoms with E-state index in [0.29, 0.717) is 18.5 Å². The zero-order valence-corrected chi connectivity index (χ0v) is 10.5. The summed E-state index contributed by atoms with van der Waals surface area (Å²) in [5.74, 6) is -1.22. The SMILES string of the molecule is CC(CCCO)Nc1ccc([N+](=O)[O-])cc1C(=O)O. The molecule has 0 spiro atoms. The van der Waals surface area contributed by atoms with E-state index < -0.39 is 10.9 Å². The maximum absolute atomic E-state index is 11.1. The lowest BCUT2D eigenvalue weighted by Gasteiger charge is -2.16. The van der Waals surface area contributed by atoms with E-state index in [1.54, 1.807) is 0 Å². The van der Waals surface area contributed by atoms with Crippen molar-refractivity contribution in [3.05, 3.63) is 33.9 Å². The van der Waals surface area contributed by atoms with Crippen LogP contribution in [-0.4, -0.2) is 33.8 Å². The monoisotopic (exact) mass is 268 g/mol. The Morgan fingerprint density at radius 2 is 2.21 bits per heavy atom. The van der Waals surface area contributed by atoms with Gasteiger partial charge in [0, 0.05) is 30.5 Å². The second-order valence-electron chi connectivity index (χ2n) is 4.20. The molecule has 0 saturated carbocycles. The highest BCUT2D eigenvalue weighted by Gasteiger charge is 2.16. The molecule has 0 aliphatic carbocycles. The number of carboxylic acids is 1. The number of nitrogens with one attached hydrogen (secondary N) is 1. The van der Waals surface area contributed by atoms with Crippen LogP contribution < -0.4 is 5.32 Å². The average molecular weight is 268 g/mol.